The van der Waals surface area contributed by atoms with Gasteiger partial charge in [-0.2, -0.15) is 0 Å². The first kappa shape index (κ1) is 18.8. The fraction of sp³-hybridized carbons (Fsp3) is 0.381. The largest absolute Gasteiger partial charge is 0.494 e. The Labute approximate surface area is 150 Å². The van der Waals surface area contributed by atoms with E-state index in [-0.39, 0.29) is 12.5 Å². The van der Waals surface area contributed by atoms with Gasteiger partial charge >= 0.3 is 0 Å². The summed E-state index contributed by atoms with van der Waals surface area (Å²) >= 11 is 0. The summed E-state index contributed by atoms with van der Waals surface area (Å²) in [5.41, 5.74) is 3.40. The van der Waals surface area contributed by atoms with Gasteiger partial charge in [-0.05, 0) is 62.4 Å². The summed E-state index contributed by atoms with van der Waals surface area (Å²) in [5.74, 6) is 1.59. The van der Waals surface area contributed by atoms with Crippen molar-refractivity contribution in [3.05, 3.63) is 59.2 Å². The van der Waals surface area contributed by atoms with E-state index in [2.05, 4.69) is 11.4 Å². The van der Waals surface area contributed by atoms with Crippen molar-refractivity contribution in [2.45, 2.75) is 33.6 Å². The lowest BCUT2D eigenvalue weighted by Gasteiger charge is -2.12. The zero-order chi connectivity index (χ0) is 18.1. The first-order chi connectivity index (χ1) is 12.1. The van der Waals surface area contributed by atoms with Crippen molar-refractivity contribution in [2.75, 3.05) is 19.8 Å². The van der Waals surface area contributed by atoms with E-state index in [0.717, 1.165) is 35.5 Å². The van der Waals surface area contributed by atoms with E-state index < -0.39 is 0 Å². The molecule has 2 rings (SSSR count). The molecule has 0 aliphatic heterocycles. The second kappa shape index (κ2) is 9.72. The van der Waals surface area contributed by atoms with Crippen LogP contribution >= 0.6 is 0 Å². The van der Waals surface area contributed by atoms with Gasteiger partial charge in [0.15, 0.2) is 6.61 Å². The number of hydrogen-bond donors (Lipinski definition) is 1. The summed E-state index contributed by atoms with van der Waals surface area (Å²) < 4.78 is 11.2. The number of amides is 1. The van der Waals surface area contributed by atoms with Gasteiger partial charge in [0.2, 0.25) is 0 Å². The molecule has 1 N–H and O–H groups in total. The second-order valence-corrected chi connectivity index (χ2v) is 5.98. The topological polar surface area (TPSA) is 47.6 Å². The van der Waals surface area contributed by atoms with E-state index in [1.54, 1.807) is 0 Å². The highest BCUT2D eigenvalue weighted by Crippen LogP contribution is 2.20. The van der Waals surface area contributed by atoms with E-state index in [0.29, 0.717) is 13.2 Å². The molecular formula is C21H27NO3. The summed E-state index contributed by atoms with van der Waals surface area (Å²) in [6.45, 7) is 7.33. The minimum Gasteiger partial charge on any atom is -0.494 e. The third kappa shape index (κ3) is 5.82. The van der Waals surface area contributed by atoms with Gasteiger partial charge < -0.3 is 14.8 Å². The van der Waals surface area contributed by atoms with Gasteiger partial charge in [0.25, 0.3) is 5.91 Å². The maximum absolute atomic E-state index is 11.9. The Hall–Kier alpha value is -2.49. The molecule has 4 heteroatoms. The molecule has 0 unspecified atom stereocenters. The second-order valence-electron chi connectivity index (χ2n) is 5.98. The molecule has 0 spiro atoms. The van der Waals surface area contributed by atoms with E-state index in [1.165, 1.54) is 5.56 Å². The highest BCUT2D eigenvalue weighted by Gasteiger charge is 2.06. The Morgan fingerprint density at radius 1 is 1.00 bits per heavy atom. The normalized spacial score (nSPS) is 10.4. The molecule has 0 saturated carbocycles. The maximum atomic E-state index is 11.9. The Balaban J connectivity index is 1.71. The van der Waals surface area contributed by atoms with E-state index in [9.17, 15) is 4.79 Å². The average Bonchev–Trinajstić information content (AvgIpc) is 2.61. The van der Waals surface area contributed by atoms with Gasteiger partial charge in [-0.3, -0.25) is 4.79 Å². The van der Waals surface area contributed by atoms with Crippen molar-refractivity contribution < 1.29 is 14.3 Å². The molecule has 0 heterocycles. The van der Waals surface area contributed by atoms with Gasteiger partial charge in [0.1, 0.15) is 11.5 Å². The van der Waals surface area contributed by atoms with E-state index in [4.69, 9.17) is 9.47 Å². The minimum absolute atomic E-state index is 0.0415. The van der Waals surface area contributed by atoms with Crippen LogP contribution in [0.4, 0.5) is 0 Å². The van der Waals surface area contributed by atoms with Crippen molar-refractivity contribution in [3.8, 4) is 11.5 Å². The van der Waals surface area contributed by atoms with Gasteiger partial charge in [-0.1, -0.05) is 30.3 Å². The fourth-order valence-corrected chi connectivity index (χ4v) is 2.59. The number of aryl methyl sites for hydroxylation is 2. The van der Waals surface area contributed by atoms with Crippen LogP contribution in [-0.4, -0.2) is 25.7 Å². The molecule has 25 heavy (non-hydrogen) atoms. The van der Waals surface area contributed by atoms with Crippen molar-refractivity contribution in [1.82, 2.24) is 5.32 Å². The smallest absolute Gasteiger partial charge is 0.257 e. The van der Waals surface area contributed by atoms with Crippen molar-refractivity contribution in [1.29, 1.82) is 0 Å². The number of benzene rings is 2. The molecule has 0 radical (unpaired) electrons. The Bertz CT molecular complexity index is 697. The quantitative estimate of drug-likeness (QED) is 0.705. The number of nitrogens with one attached hydrogen (secondary N) is 1. The molecule has 0 saturated heterocycles. The summed E-state index contributed by atoms with van der Waals surface area (Å²) in [7, 11) is 0. The summed E-state index contributed by atoms with van der Waals surface area (Å²) in [6.07, 6.45) is 1.73. The van der Waals surface area contributed by atoms with Crippen molar-refractivity contribution >= 4 is 5.91 Å². The minimum atomic E-state index is -0.0981. The lowest BCUT2D eigenvalue weighted by molar-refractivity contribution is -0.123. The molecule has 2 aromatic carbocycles. The van der Waals surface area contributed by atoms with Crippen molar-refractivity contribution in [2.24, 2.45) is 0 Å². The van der Waals surface area contributed by atoms with Crippen LogP contribution in [0.1, 0.15) is 30.0 Å². The SMILES string of the molecule is CCOc1ccccc1CCCNC(=O)COc1cccc(C)c1C. The lowest BCUT2D eigenvalue weighted by Crippen LogP contribution is -2.30. The molecule has 134 valence electrons. The molecule has 2 aromatic rings. The van der Waals surface area contributed by atoms with Crippen LogP contribution in [0, 0.1) is 13.8 Å². The summed E-state index contributed by atoms with van der Waals surface area (Å²) in [5, 5.41) is 2.90. The number of para-hydroxylation sites is 1. The molecule has 0 atom stereocenters. The number of ether oxygens (including phenoxy) is 2. The van der Waals surface area contributed by atoms with Gasteiger partial charge in [0, 0.05) is 6.54 Å². The number of carbonyl (C=O) groups is 1. The van der Waals surface area contributed by atoms with Gasteiger partial charge in [0.05, 0.1) is 6.61 Å². The predicted molar refractivity (Wildman–Crippen MR) is 100 cm³/mol. The highest BCUT2D eigenvalue weighted by molar-refractivity contribution is 5.77. The van der Waals surface area contributed by atoms with Crippen molar-refractivity contribution in [3.63, 3.8) is 0 Å². The molecular weight excluding hydrogens is 314 g/mol. The first-order valence-electron chi connectivity index (χ1n) is 8.78. The maximum Gasteiger partial charge on any atom is 0.257 e. The predicted octanol–water partition coefficient (Wildman–Crippen LogP) is 3.83. The van der Waals surface area contributed by atoms with E-state index in [1.807, 2.05) is 57.2 Å². The van der Waals surface area contributed by atoms with Crippen LogP contribution < -0.4 is 14.8 Å². The fourth-order valence-electron chi connectivity index (χ4n) is 2.59. The van der Waals surface area contributed by atoms with E-state index >= 15 is 0 Å². The van der Waals surface area contributed by atoms with Gasteiger partial charge in [-0.15, -0.1) is 0 Å². The number of carbonyl (C=O) groups excluding carboxylic acids is 1. The summed E-state index contributed by atoms with van der Waals surface area (Å²) in [4.78, 5) is 11.9. The summed E-state index contributed by atoms with van der Waals surface area (Å²) in [6, 6.07) is 13.9. The number of hydrogen-bond acceptors (Lipinski definition) is 3. The highest BCUT2D eigenvalue weighted by atomic mass is 16.5. The molecule has 0 bridgehead atoms. The molecule has 4 nitrogen and oxygen atoms in total. The first-order valence-corrected chi connectivity index (χ1v) is 8.78. The molecule has 1 amide bonds. The zero-order valence-corrected chi connectivity index (χ0v) is 15.3. The standard InChI is InChI=1S/C21H27NO3/c1-4-24-20-12-6-5-10-18(20)11-8-14-22-21(23)15-25-19-13-7-9-16(2)17(19)3/h5-7,9-10,12-13H,4,8,11,14-15H2,1-3H3,(H,22,23). The van der Waals surface area contributed by atoms with Crippen LogP contribution in [0.25, 0.3) is 0 Å². The van der Waals surface area contributed by atoms with Crippen LogP contribution in [0.5, 0.6) is 11.5 Å². The lowest BCUT2D eigenvalue weighted by atomic mass is 10.1. The molecule has 0 aliphatic carbocycles. The average molecular weight is 341 g/mol. The van der Waals surface area contributed by atoms with Crippen LogP contribution in [0.3, 0.4) is 0 Å². The molecule has 0 aromatic heterocycles. The third-order valence-electron chi connectivity index (χ3n) is 4.13. The monoisotopic (exact) mass is 341 g/mol. The Kier molecular flexibility index (Phi) is 7.33. The third-order valence-corrected chi connectivity index (χ3v) is 4.13. The Morgan fingerprint density at radius 3 is 2.56 bits per heavy atom. The Morgan fingerprint density at radius 2 is 1.76 bits per heavy atom. The van der Waals surface area contributed by atoms with Crippen LogP contribution in [0.15, 0.2) is 42.5 Å². The van der Waals surface area contributed by atoms with Gasteiger partial charge in [-0.25, -0.2) is 0 Å². The molecule has 0 fully saturated rings. The number of rotatable bonds is 9. The van der Waals surface area contributed by atoms with Crippen LogP contribution in [0.2, 0.25) is 0 Å². The molecule has 0 aliphatic rings. The van der Waals surface area contributed by atoms with Crippen LogP contribution in [-0.2, 0) is 11.2 Å². The zero-order valence-electron chi connectivity index (χ0n) is 15.3.